The van der Waals surface area contributed by atoms with Crippen LogP contribution in [0.15, 0.2) is 48.5 Å². The summed E-state index contributed by atoms with van der Waals surface area (Å²) in [5, 5.41) is 46.6. The van der Waals surface area contributed by atoms with Gasteiger partial charge in [-0.1, -0.05) is 24.3 Å². The summed E-state index contributed by atoms with van der Waals surface area (Å²) in [6.07, 6.45) is -0.648. The fraction of sp³-hybridized carbons (Fsp3) is 0.438. The van der Waals surface area contributed by atoms with Crippen molar-refractivity contribution in [2.24, 2.45) is 0 Å². The van der Waals surface area contributed by atoms with Gasteiger partial charge in [0, 0.05) is 32.6 Å². The van der Waals surface area contributed by atoms with Crippen LogP contribution in [0.2, 0.25) is 0 Å². The molecule has 16 heteroatoms. The van der Waals surface area contributed by atoms with Crippen molar-refractivity contribution in [1.82, 2.24) is 14.7 Å². The minimum Gasteiger partial charge on any atom is -0.478 e. The van der Waals surface area contributed by atoms with Crippen LogP contribution in [0.1, 0.15) is 54.3 Å². The zero-order valence-corrected chi connectivity index (χ0v) is 26.4. The number of carbonyl (C=O) groups is 6. The first-order valence-electron chi connectivity index (χ1n) is 15.1. The lowest BCUT2D eigenvalue weighted by Crippen LogP contribution is -2.38. The molecule has 2 rings (SSSR count). The summed E-state index contributed by atoms with van der Waals surface area (Å²) in [6.45, 7) is -2.75. The predicted molar refractivity (Wildman–Crippen MR) is 167 cm³/mol. The number of rotatable bonds is 21. The molecule has 262 valence electrons. The van der Waals surface area contributed by atoms with Gasteiger partial charge in [-0.05, 0) is 24.3 Å². The van der Waals surface area contributed by atoms with Crippen molar-refractivity contribution in [3.8, 4) is 0 Å². The molecule has 0 bridgehead atoms. The molecule has 0 heterocycles. The first-order chi connectivity index (χ1) is 23.1. The molecule has 0 aliphatic rings. The van der Waals surface area contributed by atoms with Gasteiger partial charge in [0.25, 0.3) is 11.8 Å². The molecule has 0 saturated carbocycles. The summed E-state index contributed by atoms with van der Waals surface area (Å²) in [4.78, 5) is 78.7. The number of benzene rings is 2. The molecule has 0 radical (unpaired) electrons. The van der Waals surface area contributed by atoms with Gasteiger partial charge in [-0.2, -0.15) is 0 Å². The van der Waals surface area contributed by atoms with Crippen LogP contribution in [0.3, 0.4) is 0 Å². The van der Waals surface area contributed by atoms with Crippen molar-refractivity contribution >= 4 is 35.6 Å². The molecule has 0 fully saturated rings. The van der Waals surface area contributed by atoms with Crippen LogP contribution < -0.4 is 0 Å². The largest absolute Gasteiger partial charge is 0.478 e. The van der Waals surface area contributed by atoms with Crippen LogP contribution in [0.25, 0.3) is 0 Å². The standard InChI is InChI=1S/C32H41N3O13/c36-17-11-33(15-22-48-32(46)26-8-4-2-6-24(26)30(43)34(12-18-37)13-19-38)27(40)9-10-28(41)47-21-16-35(14-20-39)29(42)23-5-1-3-7-25(23)31(44)45/h1-8,36-39H,9-22H2,(H,44,45). The third kappa shape index (κ3) is 12.0. The quantitative estimate of drug-likeness (QED) is 0.103. The Labute approximate surface area is 276 Å². The number of aliphatic hydroxyl groups is 4. The summed E-state index contributed by atoms with van der Waals surface area (Å²) in [5.41, 5.74) is -0.370. The number of carbonyl (C=O) groups excluding carboxylic acids is 5. The Hall–Kier alpha value is -4.90. The van der Waals surface area contributed by atoms with Gasteiger partial charge < -0.3 is 49.7 Å². The second kappa shape index (κ2) is 21.1. The second-order valence-electron chi connectivity index (χ2n) is 10.1. The number of aliphatic hydroxyl groups excluding tert-OH is 4. The maximum Gasteiger partial charge on any atom is 0.339 e. The topological polar surface area (TPSA) is 232 Å². The van der Waals surface area contributed by atoms with E-state index in [1.807, 2.05) is 0 Å². The number of hydrogen-bond donors (Lipinski definition) is 5. The normalized spacial score (nSPS) is 10.6. The summed E-state index contributed by atoms with van der Waals surface area (Å²) in [7, 11) is 0. The molecular formula is C32H41N3O13. The molecular weight excluding hydrogens is 634 g/mol. The van der Waals surface area contributed by atoms with Gasteiger partial charge in [0.05, 0.1) is 68.2 Å². The first kappa shape index (κ1) is 39.3. The van der Waals surface area contributed by atoms with Crippen molar-refractivity contribution in [2.45, 2.75) is 12.8 Å². The monoisotopic (exact) mass is 675 g/mol. The van der Waals surface area contributed by atoms with Crippen LogP contribution in [0.5, 0.6) is 0 Å². The molecule has 48 heavy (non-hydrogen) atoms. The number of nitrogens with zero attached hydrogens (tertiary/aromatic N) is 3. The zero-order valence-electron chi connectivity index (χ0n) is 26.4. The van der Waals surface area contributed by atoms with E-state index in [4.69, 9.17) is 9.47 Å². The van der Waals surface area contributed by atoms with Crippen LogP contribution in [-0.2, 0) is 19.1 Å². The minimum atomic E-state index is -1.30. The van der Waals surface area contributed by atoms with Crippen LogP contribution >= 0.6 is 0 Å². The molecule has 0 aliphatic heterocycles. The Morgan fingerprint density at radius 3 is 1.46 bits per heavy atom. The Morgan fingerprint density at radius 2 is 0.938 bits per heavy atom. The SMILES string of the molecule is O=C(CCC(=O)N(CCO)CCOC(=O)c1ccccc1C(=O)N(CCO)CCO)OCCN(CCO)C(=O)c1ccccc1C(=O)O. The molecule has 0 atom stereocenters. The van der Waals surface area contributed by atoms with E-state index in [0.29, 0.717) is 0 Å². The highest BCUT2D eigenvalue weighted by atomic mass is 16.5. The summed E-state index contributed by atoms with van der Waals surface area (Å²) < 4.78 is 10.4. The van der Waals surface area contributed by atoms with Gasteiger partial charge in [0.15, 0.2) is 0 Å². The maximum atomic E-state index is 12.9. The predicted octanol–water partition coefficient (Wildman–Crippen LogP) is -0.753. The Bertz CT molecular complexity index is 1390. The smallest absolute Gasteiger partial charge is 0.339 e. The van der Waals surface area contributed by atoms with Gasteiger partial charge in [0.2, 0.25) is 5.91 Å². The molecule has 2 aromatic rings. The van der Waals surface area contributed by atoms with E-state index in [1.165, 1.54) is 52.3 Å². The molecule has 2 aromatic carbocycles. The third-order valence-corrected chi connectivity index (χ3v) is 6.93. The average molecular weight is 676 g/mol. The fourth-order valence-electron chi connectivity index (χ4n) is 4.55. The van der Waals surface area contributed by atoms with Gasteiger partial charge in [-0.25, -0.2) is 9.59 Å². The molecule has 0 unspecified atom stereocenters. The van der Waals surface area contributed by atoms with Crippen molar-refractivity contribution in [3.05, 3.63) is 70.8 Å². The van der Waals surface area contributed by atoms with Gasteiger partial charge in [0.1, 0.15) is 13.2 Å². The lowest BCUT2D eigenvalue weighted by molar-refractivity contribution is -0.146. The fourth-order valence-corrected chi connectivity index (χ4v) is 4.55. The first-order valence-corrected chi connectivity index (χ1v) is 15.1. The molecule has 0 saturated heterocycles. The molecule has 16 nitrogen and oxygen atoms in total. The van der Waals surface area contributed by atoms with Crippen LogP contribution in [0.4, 0.5) is 0 Å². The molecule has 0 aliphatic carbocycles. The summed E-state index contributed by atoms with van der Waals surface area (Å²) in [6, 6.07) is 11.4. The average Bonchev–Trinajstić information content (AvgIpc) is 3.09. The second-order valence-corrected chi connectivity index (χ2v) is 10.1. The molecule has 5 N–H and O–H groups in total. The Morgan fingerprint density at radius 1 is 0.521 bits per heavy atom. The maximum absolute atomic E-state index is 12.9. The van der Waals surface area contributed by atoms with Crippen molar-refractivity contribution < 1.29 is 63.8 Å². The van der Waals surface area contributed by atoms with Gasteiger partial charge in [-0.15, -0.1) is 0 Å². The number of aromatic carboxylic acids is 1. The highest BCUT2D eigenvalue weighted by molar-refractivity contribution is 6.06. The van der Waals surface area contributed by atoms with Crippen molar-refractivity contribution in [1.29, 1.82) is 0 Å². The van der Waals surface area contributed by atoms with Crippen molar-refractivity contribution in [2.75, 3.05) is 78.9 Å². The Kier molecular flexibility index (Phi) is 17.2. The van der Waals surface area contributed by atoms with Crippen LogP contribution in [-0.4, -0.2) is 155 Å². The highest BCUT2D eigenvalue weighted by Crippen LogP contribution is 2.15. The number of hydrogen-bond acceptors (Lipinski definition) is 12. The van der Waals surface area contributed by atoms with Gasteiger partial charge in [-0.3, -0.25) is 19.2 Å². The Balaban J connectivity index is 1.89. The number of carboxylic acid groups (broad SMARTS) is 1. The molecule has 0 aromatic heterocycles. The van der Waals surface area contributed by atoms with Gasteiger partial charge >= 0.3 is 17.9 Å². The van der Waals surface area contributed by atoms with E-state index in [-0.39, 0.29) is 101 Å². The highest BCUT2D eigenvalue weighted by Gasteiger charge is 2.24. The number of esters is 2. The number of carboxylic acids is 1. The lowest BCUT2D eigenvalue weighted by atomic mass is 10.1. The minimum absolute atomic E-state index is 0.000118. The summed E-state index contributed by atoms with van der Waals surface area (Å²) >= 11 is 0. The molecule has 3 amide bonds. The van der Waals surface area contributed by atoms with E-state index in [1.54, 1.807) is 6.07 Å². The van der Waals surface area contributed by atoms with Crippen molar-refractivity contribution in [3.63, 3.8) is 0 Å². The van der Waals surface area contributed by atoms with E-state index >= 15 is 0 Å². The lowest BCUT2D eigenvalue weighted by Gasteiger charge is -2.23. The van der Waals surface area contributed by atoms with E-state index in [9.17, 15) is 54.3 Å². The number of amides is 3. The number of ether oxygens (including phenoxy) is 2. The third-order valence-electron chi connectivity index (χ3n) is 6.93. The van der Waals surface area contributed by atoms with E-state index < -0.39 is 48.8 Å². The van der Waals surface area contributed by atoms with Crippen LogP contribution in [0, 0.1) is 0 Å². The van der Waals surface area contributed by atoms with E-state index in [2.05, 4.69) is 0 Å². The van der Waals surface area contributed by atoms with E-state index in [0.717, 1.165) is 4.90 Å². The molecule has 0 spiro atoms. The summed E-state index contributed by atoms with van der Waals surface area (Å²) in [5.74, 6) is -4.73. The zero-order chi connectivity index (χ0) is 35.5.